The van der Waals surface area contributed by atoms with Gasteiger partial charge in [0.25, 0.3) is 10.0 Å². The number of sulfonamides is 1. The monoisotopic (exact) mass is 398 g/mol. The number of benzene rings is 2. The van der Waals surface area contributed by atoms with E-state index in [1.165, 1.54) is 32.6 Å². The van der Waals surface area contributed by atoms with E-state index in [1.807, 2.05) is 0 Å². The lowest BCUT2D eigenvalue weighted by Crippen LogP contribution is -2.18. The van der Waals surface area contributed by atoms with Gasteiger partial charge in [0.1, 0.15) is 0 Å². The standard InChI is InChI=1S/C15H15BrN2O4S/c1-21-14-8-3-11(9-15(14)22-2)10-17-18-23(19,20)13-6-4-12(16)5-7-13/h3-10,18H,1-2H3/b17-10+. The molecule has 0 atom stereocenters. The SMILES string of the molecule is COc1ccc(/C=N/NS(=O)(=O)c2ccc(Br)cc2)cc1OC. The van der Waals surface area contributed by atoms with Crippen LogP contribution in [-0.2, 0) is 10.0 Å². The molecular formula is C15H15BrN2O4S. The van der Waals surface area contributed by atoms with Crippen LogP contribution in [0.2, 0.25) is 0 Å². The second-order valence-corrected chi connectivity index (χ2v) is 7.00. The van der Waals surface area contributed by atoms with E-state index in [-0.39, 0.29) is 4.90 Å². The van der Waals surface area contributed by atoms with E-state index < -0.39 is 10.0 Å². The zero-order valence-electron chi connectivity index (χ0n) is 12.5. The maximum absolute atomic E-state index is 12.1. The van der Waals surface area contributed by atoms with Crippen molar-refractivity contribution in [2.45, 2.75) is 4.90 Å². The summed E-state index contributed by atoms with van der Waals surface area (Å²) in [6.45, 7) is 0. The normalized spacial score (nSPS) is 11.4. The Labute approximate surface area is 143 Å². The number of methoxy groups -OCH3 is 2. The van der Waals surface area contributed by atoms with Crippen LogP contribution < -0.4 is 14.3 Å². The van der Waals surface area contributed by atoms with Crippen molar-refractivity contribution in [2.75, 3.05) is 14.2 Å². The average molecular weight is 399 g/mol. The minimum absolute atomic E-state index is 0.130. The lowest BCUT2D eigenvalue weighted by molar-refractivity contribution is 0.355. The molecule has 6 nitrogen and oxygen atoms in total. The molecule has 23 heavy (non-hydrogen) atoms. The Kier molecular flexibility index (Phi) is 5.62. The van der Waals surface area contributed by atoms with Crippen molar-refractivity contribution in [3.05, 3.63) is 52.5 Å². The summed E-state index contributed by atoms with van der Waals surface area (Å²) in [6.07, 6.45) is 1.39. The van der Waals surface area contributed by atoms with Crippen LogP contribution in [0.5, 0.6) is 11.5 Å². The maximum Gasteiger partial charge on any atom is 0.276 e. The molecule has 122 valence electrons. The minimum Gasteiger partial charge on any atom is -0.493 e. The quantitative estimate of drug-likeness (QED) is 0.599. The second kappa shape index (κ2) is 7.47. The topological polar surface area (TPSA) is 77.0 Å². The Hall–Kier alpha value is -2.06. The zero-order valence-corrected chi connectivity index (χ0v) is 14.9. The van der Waals surface area contributed by atoms with Crippen LogP contribution >= 0.6 is 15.9 Å². The van der Waals surface area contributed by atoms with Crippen molar-refractivity contribution < 1.29 is 17.9 Å². The van der Waals surface area contributed by atoms with Gasteiger partial charge in [-0.15, -0.1) is 0 Å². The molecule has 0 unspecified atom stereocenters. The molecule has 0 aromatic heterocycles. The van der Waals surface area contributed by atoms with Crippen LogP contribution in [0.1, 0.15) is 5.56 Å². The van der Waals surface area contributed by atoms with Gasteiger partial charge in [-0.25, -0.2) is 4.83 Å². The summed E-state index contributed by atoms with van der Waals surface area (Å²) in [5.41, 5.74) is 0.668. The third kappa shape index (κ3) is 4.46. The van der Waals surface area contributed by atoms with Crippen LogP contribution in [-0.4, -0.2) is 28.9 Å². The molecule has 1 N–H and O–H groups in total. The molecule has 2 aromatic carbocycles. The molecule has 8 heteroatoms. The van der Waals surface area contributed by atoms with E-state index >= 15 is 0 Å². The molecule has 0 bridgehead atoms. The van der Waals surface area contributed by atoms with E-state index in [4.69, 9.17) is 9.47 Å². The summed E-state index contributed by atoms with van der Waals surface area (Å²) in [7, 11) is -0.638. The third-order valence-electron chi connectivity index (χ3n) is 2.92. The van der Waals surface area contributed by atoms with Crippen LogP contribution in [0, 0.1) is 0 Å². The lowest BCUT2D eigenvalue weighted by atomic mass is 10.2. The van der Waals surface area contributed by atoms with Crippen LogP contribution in [0.15, 0.2) is 56.9 Å². The summed E-state index contributed by atoms with van der Waals surface area (Å²) in [5.74, 6) is 1.12. The Morgan fingerprint density at radius 3 is 2.30 bits per heavy atom. The largest absolute Gasteiger partial charge is 0.493 e. The van der Waals surface area contributed by atoms with Crippen LogP contribution in [0.25, 0.3) is 0 Å². The van der Waals surface area contributed by atoms with Gasteiger partial charge in [0.2, 0.25) is 0 Å². The highest BCUT2D eigenvalue weighted by molar-refractivity contribution is 9.10. The summed E-state index contributed by atoms with van der Waals surface area (Å²) in [4.78, 5) is 2.29. The number of rotatable bonds is 6. The van der Waals surface area contributed by atoms with Crippen LogP contribution in [0.4, 0.5) is 0 Å². The number of nitrogens with one attached hydrogen (secondary N) is 1. The number of ether oxygens (including phenoxy) is 2. The van der Waals surface area contributed by atoms with Crippen LogP contribution in [0.3, 0.4) is 0 Å². The molecule has 0 fully saturated rings. The number of hydrazone groups is 1. The highest BCUT2D eigenvalue weighted by atomic mass is 79.9. The van der Waals surface area contributed by atoms with Gasteiger partial charge in [-0.05, 0) is 48.0 Å². The average Bonchev–Trinajstić information content (AvgIpc) is 2.55. The smallest absolute Gasteiger partial charge is 0.276 e. The number of hydrogen-bond acceptors (Lipinski definition) is 5. The van der Waals surface area contributed by atoms with Gasteiger partial charge in [0.15, 0.2) is 11.5 Å². The van der Waals surface area contributed by atoms with Gasteiger partial charge in [-0.1, -0.05) is 15.9 Å². The van der Waals surface area contributed by atoms with Gasteiger partial charge in [0, 0.05) is 4.47 Å². The molecule has 0 radical (unpaired) electrons. The fraction of sp³-hybridized carbons (Fsp3) is 0.133. The Balaban J connectivity index is 2.13. The minimum atomic E-state index is -3.70. The van der Waals surface area contributed by atoms with Crippen molar-refractivity contribution in [3.8, 4) is 11.5 Å². The van der Waals surface area contributed by atoms with Crippen molar-refractivity contribution >= 4 is 32.2 Å². The van der Waals surface area contributed by atoms with Gasteiger partial charge < -0.3 is 9.47 Å². The number of halogens is 1. The maximum atomic E-state index is 12.1. The third-order valence-corrected chi connectivity index (χ3v) is 4.69. The molecule has 0 saturated carbocycles. The fourth-order valence-electron chi connectivity index (χ4n) is 1.77. The summed E-state index contributed by atoms with van der Waals surface area (Å²) in [6, 6.07) is 11.4. The molecule has 2 rings (SSSR count). The Morgan fingerprint density at radius 1 is 1.04 bits per heavy atom. The molecule has 0 spiro atoms. The van der Waals surface area contributed by atoms with Crippen molar-refractivity contribution in [1.29, 1.82) is 0 Å². The molecule has 0 amide bonds. The first kappa shape index (κ1) is 17.3. The van der Waals surface area contributed by atoms with Gasteiger partial charge in [-0.2, -0.15) is 13.5 Å². The summed E-state index contributed by atoms with van der Waals surface area (Å²) < 4.78 is 35.2. The van der Waals surface area contributed by atoms with Gasteiger partial charge in [0.05, 0.1) is 25.3 Å². The van der Waals surface area contributed by atoms with E-state index in [0.29, 0.717) is 17.1 Å². The van der Waals surface area contributed by atoms with Gasteiger partial charge in [-0.3, -0.25) is 0 Å². The van der Waals surface area contributed by atoms with Crippen molar-refractivity contribution in [3.63, 3.8) is 0 Å². The van der Waals surface area contributed by atoms with E-state index in [1.54, 1.807) is 30.3 Å². The summed E-state index contributed by atoms with van der Waals surface area (Å²) in [5, 5.41) is 3.77. The summed E-state index contributed by atoms with van der Waals surface area (Å²) >= 11 is 3.25. The molecule has 0 aliphatic heterocycles. The van der Waals surface area contributed by atoms with Crippen molar-refractivity contribution in [2.24, 2.45) is 5.10 Å². The highest BCUT2D eigenvalue weighted by Gasteiger charge is 2.12. The zero-order chi connectivity index (χ0) is 16.9. The van der Waals surface area contributed by atoms with E-state index in [2.05, 4.69) is 25.9 Å². The lowest BCUT2D eigenvalue weighted by Gasteiger charge is -2.07. The predicted molar refractivity (Wildman–Crippen MR) is 91.6 cm³/mol. The molecule has 0 aliphatic rings. The van der Waals surface area contributed by atoms with Crippen molar-refractivity contribution in [1.82, 2.24) is 4.83 Å². The molecule has 0 aliphatic carbocycles. The predicted octanol–water partition coefficient (Wildman–Crippen LogP) is 2.78. The first-order chi connectivity index (χ1) is 11.0. The fourth-order valence-corrected chi connectivity index (χ4v) is 2.83. The second-order valence-electron chi connectivity index (χ2n) is 4.42. The van der Waals surface area contributed by atoms with E-state index in [9.17, 15) is 8.42 Å². The molecule has 2 aromatic rings. The first-order valence-electron chi connectivity index (χ1n) is 6.49. The Morgan fingerprint density at radius 2 is 1.70 bits per heavy atom. The van der Waals surface area contributed by atoms with E-state index in [0.717, 1.165) is 4.47 Å². The highest BCUT2D eigenvalue weighted by Crippen LogP contribution is 2.26. The molecule has 0 heterocycles. The van der Waals surface area contributed by atoms with Gasteiger partial charge >= 0.3 is 0 Å². The number of hydrogen-bond donors (Lipinski definition) is 1. The Bertz CT molecular complexity index is 805. The first-order valence-corrected chi connectivity index (χ1v) is 8.76. The molecule has 0 saturated heterocycles. The molecular weight excluding hydrogens is 384 g/mol. The number of nitrogens with zero attached hydrogens (tertiary/aromatic N) is 1.